The predicted octanol–water partition coefficient (Wildman–Crippen LogP) is 2.91. The molecule has 4 nitrogen and oxygen atoms in total. The van der Waals surface area contributed by atoms with Crippen molar-refractivity contribution in [2.24, 2.45) is 5.73 Å². The predicted molar refractivity (Wildman–Crippen MR) is 75.8 cm³/mol. The molecule has 0 radical (unpaired) electrons. The van der Waals surface area contributed by atoms with E-state index in [1.54, 1.807) is 18.5 Å². The lowest BCUT2D eigenvalue weighted by molar-refractivity contribution is 0.304. The second kappa shape index (κ2) is 5.71. The van der Waals surface area contributed by atoms with Crippen LogP contribution in [-0.4, -0.2) is 10.8 Å². The molecule has 1 heterocycles. The normalized spacial score (nSPS) is 10.2. The number of rotatable bonds is 4. The van der Waals surface area contributed by atoms with E-state index in [1.165, 1.54) is 0 Å². The molecule has 2 aromatic rings. The van der Waals surface area contributed by atoms with Crippen LogP contribution in [0.15, 0.2) is 36.7 Å². The number of pyridine rings is 1. The standard InChI is InChI=1S/C14H14ClN3O/c1-9-4-10(14(16)17)2-3-11(9)8-19-13-5-12(15)6-18-7-13/h2-7H,8H2,1H3,(H3,16,17). The van der Waals surface area contributed by atoms with Gasteiger partial charge in [0.25, 0.3) is 0 Å². The van der Waals surface area contributed by atoms with Crippen LogP contribution in [0.1, 0.15) is 16.7 Å². The molecule has 0 saturated carbocycles. The minimum absolute atomic E-state index is 0.0645. The first kappa shape index (κ1) is 13.4. The van der Waals surface area contributed by atoms with Gasteiger partial charge < -0.3 is 10.5 Å². The summed E-state index contributed by atoms with van der Waals surface area (Å²) < 4.78 is 5.62. The number of nitrogens with one attached hydrogen (secondary N) is 1. The quantitative estimate of drug-likeness (QED) is 0.666. The Morgan fingerprint density at radius 1 is 1.37 bits per heavy atom. The second-order valence-electron chi connectivity index (χ2n) is 4.18. The van der Waals surface area contributed by atoms with Crippen LogP contribution < -0.4 is 10.5 Å². The van der Waals surface area contributed by atoms with E-state index in [9.17, 15) is 0 Å². The van der Waals surface area contributed by atoms with Gasteiger partial charge in [0.1, 0.15) is 18.2 Å². The fraction of sp³-hybridized carbons (Fsp3) is 0.143. The van der Waals surface area contributed by atoms with Gasteiger partial charge >= 0.3 is 0 Å². The smallest absolute Gasteiger partial charge is 0.139 e. The van der Waals surface area contributed by atoms with Gasteiger partial charge in [-0.15, -0.1) is 0 Å². The van der Waals surface area contributed by atoms with Gasteiger partial charge in [0.2, 0.25) is 0 Å². The Kier molecular flexibility index (Phi) is 4.02. The third-order valence-electron chi connectivity index (χ3n) is 2.73. The van der Waals surface area contributed by atoms with Gasteiger partial charge in [-0.1, -0.05) is 23.7 Å². The van der Waals surface area contributed by atoms with Crippen LogP contribution in [0.4, 0.5) is 0 Å². The third kappa shape index (κ3) is 3.45. The maximum atomic E-state index is 7.39. The number of benzene rings is 1. The van der Waals surface area contributed by atoms with Gasteiger partial charge in [-0.25, -0.2) is 0 Å². The van der Waals surface area contributed by atoms with Gasteiger partial charge in [0.15, 0.2) is 0 Å². The number of nitrogen functional groups attached to an aromatic ring is 1. The second-order valence-corrected chi connectivity index (χ2v) is 4.62. The molecule has 0 unspecified atom stereocenters. The molecule has 0 spiro atoms. The Morgan fingerprint density at radius 3 is 2.79 bits per heavy atom. The molecule has 0 aliphatic rings. The first-order valence-electron chi connectivity index (χ1n) is 5.73. The van der Waals surface area contributed by atoms with Crippen molar-refractivity contribution in [1.29, 1.82) is 5.41 Å². The van der Waals surface area contributed by atoms with Gasteiger partial charge in [-0.2, -0.15) is 0 Å². The van der Waals surface area contributed by atoms with E-state index in [0.717, 1.165) is 11.1 Å². The van der Waals surface area contributed by atoms with E-state index in [2.05, 4.69) is 4.98 Å². The molecule has 1 aromatic heterocycles. The maximum absolute atomic E-state index is 7.39. The number of amidine groups is 1. The highest BCUT2D eigenvalue weighted by Gasteiger charge is 2.04. The Balaban J connectivity index is 2.10. The molecule has 0 aliphatic carbocycles. The fourth-order valence-corrected chi connectivity index (χ4v) is 1.82. The Labute approximate surface area is 116 Å². The number of nitrogens with two attached hydrogens (primary N) is 1. The monoisotopic (exact) mass is 275 g/mol. The zero-order valence-corrected chi connectivity index (χ0v) is 11.2. The van der Waals surface area contributed by atoms with Crippen molar-refractivity contribution in [2.75, 3.05) is 0 Å². The highest BCUT2D eigenvalue weighted by Crippen LogP contribution is 2.18. The van der Waals surface area contributed by atoms with Crippen LogP contribution in [0.5, 0.6) is 5.75 Å². The largest absolute Gasteiger partial charge is 0.487 e. The lowest BCUT2D eigenvalue weighted by Gasteiger charge is -2.10. The summed E-state index contributed by atoms with van der Waals surface area (Å²) in [7, 11) is 0. The highest BCUT2D eigenvalue weighted by atomic mass is 35.5. The molecule has 0 aliphatic heterocycles. The SMILES string of the molecule is Cc1cc(C(=N)N)ccc1COc1cncc(Cl)c1. The van der Waals surface area contributed by atoms with Crippen LogP contribution >= 0.6 is 11.6 Å². The Hall–Kier alpha value is -2.07. The van der Waals surface area contributed by atoms with Crippen LogP contribution in [0, 0.1) is 12.3 Å². The fourth-order valence-electron chi connectivity index (χ4n) is 1.66. The van der Waals surface area contributed by atoms with Gasteiger partial charge in [0.05, 0.1) is 11.2 Å². The van der Waals surface area contributed by atoms with Crippen molar-refractivity contribution >= 4 is 17.4 Å². The van der Waals surface area contributed by atoms with Crippen LogP contribution in [0.25, 0.3) is 0 Å². The molecule has 5 heteroatoms. The van der Waals surface area contributed by atoms with Crippen molar-refractivity contribution in [3.05, 3.63) is 58.4 Å². The summed E-state index contributed by atoms with van der Waals surface area (Å²) in [5, 5.41) is 7.93. The number of aryl methyl sites for hydroxylation is 1. The summed E-state index contributed by atoms with van der Waals surface area (Å²) in [6.07, 6.45) is 3.17. The first-order chi connectivity index (χ1) is 9.06. The van der Waals surface area contributed by atoms with Crippen molar-refractivity contribution in [1.82, 2.24) is 4.98 Å². The van der Waals surface area contributed by atoms with E-state index in [1.807, 2.05) is 25.1 Å². The number of hydrogen-bond acceptors (Lipinski definition) is 3. The van der Waals surface area contributed by atoms with E-state index in [4.69, 9.17) is 27.5 Å². The highest BCUT2D eigenvalue weighted by molar-refractivity contribution is 6.30. The number of ether oxygens (including phenoxy) is 1. The van der Waals surface area contributed by atoms with Crippen LogP contribution in [0.3, 0.4) is 0 Å². The number of aromatic nitrogens is 1. The van der Waals surface area contributed by atoms with Gasteiger partial charge in [0, 0.05) is 17.8 Å². The molecular formula is C14H14ClN3O. The average Bonchev–Trinajstić information content (AvgIpc) is 2.37. The number of hydrogen-bond donors (Lipinski definition) is 2. The van der Waals surface area contributed by atoms with Crippen LogP contribution in [-0.2, 0) is 6.61 Å². The molecule has 3 N–H and O–H groups in total. The molecule has 0 saturated heterocycles. The van der Waals surface area contributed by atoms with Gasteiger partial charge in [-0.05, 0) is 24.1 Å². The maximum Gasteiger partial charge on any atom is 0.139 e. The summed E-state index contributed by atoms with van der Waals surface area (Å²) in [5.41, 5.74) is 8.22. The summed E-state index contributed by atoms with van der Waals surface area (Å²) in [6, 6.07) is 7.30. The topological polar surface area (TPSA) is 72.0 Å². The van der Waals surface area contributed by atoms with E-state index < -0.39 is 0 Å². The lowest BCUT2D eigenvalue weighted by Crippen LogP contribution is -2.11. The van der Waals surface area contributed by atoms with E-state index in [0.29, 0.717) is 22.9 Å². The lowest BCUT2D eigenvalue weighted by atomic mass is 10.1. The number of nitrogens with zero attached hydrogens (tertiary/aromatic N) is 1. The Morgan fingerprint density at radius 2 is 2.16 bits per heavy atom. The van der Waals surface area contributed by atoms with Crippen molar-refractivity contribution in [2.45, 2.75) is 13.5 Å². The third-order valence-corrected chi connectivity index (χ3v) is 2.93. The molecule has 19 heavy (non-hydrogen) atoms. The summed E-state index contributed by atoms with van der Waals surface area (Å²) in [6.45, 7) is 2.38. The average molecular weight is 276 g/mol. The van der Waals surface area contributed by atoms with E-state index >= 15 is 0 Å². The zero-order valence-electron chi connectivity index (χ0n) is 10.5. The zero-order chi connectivity index (χ0) is 13.8. The van der Waals surface area contributed by atoms with Gasteiger partial charge in [-0.3, -0.25) is 10.4 Å². The van der Waals surface area contributed by atoms with E-state index in [-0.39, 0.29) is 5.84 Å². The summed E-state index contributed by atoms with van der Waals surface area (Å²) >= 11 is 5.83. The number of halogens is 1. The Bertz CT molecular complexity index is 613. The molecule has 0 fully saturated rings. The summed E-state index contributed by atoms with van der Waals surface area (Å²) in [5.74, 6) is 0.692. The van der Waals surface area contributed by atoms with Crippen LogP contribution in [0.2, 0.25) is 5.02 Å². The summed E-state index contributed by atoms with van der Waals surface area (Å²) in [4.78, 5) is 3.95. The minimum Gasteiger partial charge on any atom is -0.487 e. The molecule has 1 aromatic carbocycles. The minimum atomic E-state index is 0.0645. The molecular weight excluding hydrogens is 262 g/mol. The first-order valence-corrected chi connectivity index (χ1v) is 6.11. The van der Waals surface area contributed by atoms with Crippen molar-refractivity contribution < 1.29 is 4.74 Å². The van der Waals surface area contributed by atoms with Crippen molar-refractivity contribution in [3.8, 4) is 5.75 Å². The molecule has 0 atom stereocenters. The molecule has 0 bridgehead atoms. The molecule has 98 valence electrons. The van der Waals surface area contributed by atoms with Crippen molar-refractivity contribution in [3.63, 3.8) is 0 Å². The molecule has 0 amide bonds. The molecule has 2 rings (SSSR count).